The number of nitrogens with zero attached hydrogens (tertiary/aromatic N) is 1. The van der Waals surface area contributed by atoms with E-state index in [9.17, 15) is 4.79 Å². The Bertz CT molecular complexity index is 208. The van der Waals surface area contributed by atoms with Gasteiger partial charge in [0.1, 0.15) is 0 Å². The molecule has 1 unspecified atom stereocenters. The number of likely N-dealkylation sites (tertiary alicyclic amines) is 1. The molecule has 0 aromatic rings. The molecule has 4 nitrogen and oxygen atoms in total. The summed E-state index contributed by atoms with van der Waals surface area (Å²) in [5.74, 6) is 0. The van der Waals surface area contributed by atoms with Gasteiger partial charge in [0.05, 0.1) is 6.04 Å². The van der Waals surface area contributed by atoms with Gasteiger partial charge in [-0.2, -0.15) is 0 Å². The monoisotopic (exact) mass is 207 g/mol. The lowest BCUT2D eigenvalue weighted by Crippen LogP contribution is -2.44. The van der Waals surface area contributed by atoms with Crippen LogP contribution in [0.2, 0.25) is 0 Å². The summed E-state index contributed by atoms with van der Waals surface area (Å²) in [6.45, 7) is 2.53. The van der Waals surface area contributed by atoms with Crippen LogP contribution < -0.4 is 0 Å². The maximum absolute atomic E-state index is 10.4. The number of carbonyl (C=O) groups is 1. The molecule has 0 saturated carbocycles. The number of hydrogen-bond donors (Lipinski definition) is 1. The van der Waals surface area contributed by atoms with Crippen molar-refractivity contribution in [1.29, 1.82) is 0 Å². The van der Waals surface area contributed by atoms with Gasteiger partial charge in [0, 0.05) is 0 Å². The maximum atomic E-state index is 10.4. The summed E-state index contributed by atoms with van der Waals surface area (Å²) in [4.78, 5) is 12.4. The number of rotatable bonds is 2. The van der Waals surface area contributed by atoms with E-state index in [2.05, 4.69) is 4.74 Å². The predicted octanol–water partition coefficient (Wildman–Crippen LogP) is 1.73. The Morgan fingerprint density at radius 2 is 2.38 bits per heavy atom. The first kappa shape index (κ1) is 10.6. The van der Waals surface area contributed by atoms with Crippen LogP contribution in [0, 0.1) is 0 Å². The average molecular weight is 208 g/mol. The van der Waals surface area contributed by atoms with E-state index < -0.39 is 11.2 Å². The summed E-state index contributed by atoms with van der Waals surface area (Å²) >= 11 is 5.99. The molecule has 1 aliphatic rings. The highest BCUT2D eigenvalue weighted by Crippen LogP contribution is 2.31. The van der Waals surface area contributed by atoms with Crippen molar-refractivity contribution in [2.24, 2.45) is 0 Å². The van der Waals surface area contributed by atoms with Crippen LogP contribution in [0.3, 0.4) is 0 Å². The van der Waals surface area contributed by atoms with Gasteiger partial charge in [-0.3, -0.25) is 4.90 Å². The lowest BCUT2D eigenvalue weighted by Gasteiger charge is -2.31. The molecule has 0 radical (unpaired) electrons. The first-order valence-electron chi connectivity index (χ1n) is 4.24. The van der Waals surface area contributed by atoms with Crippen LogP contribution in [0.1, 0.15) is 19.8 Å². The minimum Gasteiger partial charge on any atom is -0.450 e. The van der Waals surface area contributed by atoms with E-state index in [1.807, 2.05) is 11.9 Å². The Balaban J connectivity index is 2.62. The standard InChI is InChI=1S/C8H14ClNO3/c1-8(9,13-7(11)12)6-4-3-5-10(6)2/h6H,3-5H2,1-2H3,(H,11,12)/t6?,8-/m0/s1. The SMILES string of the molecule is CN1CCCC1[C@@](C)(Cl)OC(=O)O. The number of hydrogen-bond acceptors (Lipinski definition) is 3. The smallest absolute Gasteiger partial charge is 0.450 e. The van der Waals surface area contributed by atoms with Gasteiger partial charge < -0.3 is 9.84 Å². The van der Waals surface area contributed by atoms with E-state index >= 15 is 0 Å². The van der Waals surface area contributed by atoms with Gasteiger partial charge >= 0.3 is 6.16 Å². The molecule has 0 amide bonds. The summed E-state index contributed by atoms with van der Waals surface area (Å²) in [5, 5.41) is 7.34. The summed E-state index contributed by atoms with van der Waals surface area (Å²) in [6.07, 6.45) is 0.591. The largest absolute Gasteiger partial charge is 0.507 e. The summed E-state index contributed by atoms with van der Waals surface area (Å²) in [6, 6.07) is -0.0229. The van der Waals surface area contributed by atoms with Gasteiger partial charge in [0.25, 0.3) is 0 Å². The zero-order valence-electron chi connectivity index (χ0n) is 7.79. The molecule has 0 aromatic heterocycles. The third kappa shape index (κ3) is 2.48. The second-order valence-corrected chi connectivity index (χ2v) is 4.24. The third-order valence-electron chi connectivity index (χ3n) is 2.40. The zero-order valence-corrected chi connectivity index (χ0v) is 8.54. The summed E-state index contributed by atoms with van der Waals surface area (Å²) in [7, 11) is 1.92. The molecular formula is C8H14ClNO3. The molecule has 2 atom stereocenters. The maximum Gasteiger partial charge on any atom is 0.507 e. The van der Waals surface area contributed by atoms with Gasteiger partial charge in [-0.25, -0.2) is 4.79 Å². The first-order chi connectivity index (χ1) is 5.93. The Kier molecular flexibility index (Phi) is 3.03. The second-order valence-electron chi connectivity index (χ2n) is 3.49. The third-order valence-corrected chi connectivity index (χ3v) is 2.73. The molecule has 76 valence electrons. The molecule has 5 heteroatoms. The zero-order chi connectivity index (χ0) is 10.1. The normalized spacial score (nSPS) is 28.4. The number of carboxylic acid groups (broad SMARTS) is 1. The Hall–Kier alpha value is -0.480. The minimum absolute atomic E-state index is 0.0229. The van der Waals surface area contributed by atoms with Crippen LogP contribution >= 0.6 is 11.6 Å². The summed E-state index contributed by atoms with van der Waals surface area (Å²) < 4.78 is 4.63. The van der Waals surface area contributed by atoms with E-state index in [0.29, 0.717) is 0 Å². The molecule has 0 aliphatic carbocycles. The predicted molar refractivity (Wildman–Crippen MR) is 49.0 cm³/mol. The second kappa shape index (κ2) is 3.72. The van der Waals surface area contributed by atoms with E-state index in [4.69, 9.17) is 16.7 Å². The molecule has 1 fully saturated rings. The quantitative estimate of drug-likeness (QED) is 0.554. The van der Waals surface area contributed by atoms with E-state index in [0.717, 1.165) is 19.4 Å². The van der Waals surface area contributed by atoms with Crippen LogP contribution in [0.5, 0.6) is 0 Å². The highest BCUT2D eigenvalue weighted by molar-refractivity contribution is 6.23. The Morgan fingerprint density at radius 1 is 1.77 bits per heavy atom. The number of ether oxygens (including phenoxy) is 1. The van der Waals surface area contributed by atoms with Crippen molar-refractivity contribution in [2.45, 2.75) is 30.9 Å². The van der Waals surface area contributed by atoms with Gasteiger partial charge in [-0.05, 0) is 33.4 Å². The van der Waals surface area contributed by atoms with E-state index in [1.165, 1.54) is 0 Å². The van der Waals surface area contributed by atoms with E-state index in [-0.39, 0.29) is 6.04 Å². The van der Waals surface area contributed by atoms with Gasteiger partial charge in [-0.15, -0.1) is 0 Å². The molecule has 0 spiro atoms. The highest BCUT2D eigenvalue weighted by atomic mass is 35.5. The summed E-state index contributed by atoms with van der Waals surface area (Å²) in [5.41, 5.74) is 0. The van der Waals surface area contributed by atoms with E-state index in [1.54, 1.807) is 6.92 Å². The Morgan fingerprint density at radius 3 is 2.77 bits per heavy atom. The van der Waals surface area contributed by atoms with Crippen molar-refractivity contribution < 1.29 is 14.6 Å². The number of halogens is 1. The molecule has 1 heterocycles. The van der Waals surface area contributed by atoms with Crippen molar-refractivity contribution in [3.63, 3.8) is 0 Å². The highest BCUT2D eigenvalue weighted by Gasteiger charge is 2.40. The molecule has 1 aliphatic heterocycles. The average Bonchev–Trinajstić information content (AvgIpc) is 2.32. The van der Waals surface area contributed by atoms with Crippen LogP contribution in [0.4, 0.5) is 4.79 Å². The molecular weight excluding hydrogens is 194 g/mol. The van der Waals surface area contributed by atoms with Gasteiger partial charge in [0.2, 0.25) is 5.06 Å². The molecule has 0 aromatic carbocycles. The fourth-order valence-electron chi connectivity index (χ4n) is 1.80. The van der Waals surface area contributed by atoms with Crippen LogP contribution in [0.15, 0.2) is 0 Å². The van der Waals surface area contributed by atoms with Crippen molar-refractivity contribution in [3.8, 4) is 0 Å². The van der Waals surface area contributed by atoms with Crippen molar-refractivity contribution in [3.05, 3.63) is 0 Å². The fourth-order valence-corrected chi connectivity index (χ4v) is 2.14. The molecule has 0 bridgehead atoms. The Labute approximate surface area is 82.4 Å². The van der Waals surface area contributed by atoms with Crippen LogP contribution in [-0.4, -0.2) is 40.9 Å². The van der Waals surface area contributed by atoms with Crippen molar-refractivity contribution in [2.75, 3.05) is 13.6 Å². The van der Waals surface area contributed by atoms with Crippen molar-refractivity contribution in [1.82, 2.24) is 4.90 Å². The molecule has 1 rings (SSSR count). The van der Waals surface area contributed by atoms with Gasteiger partial charge in [0.15, 0.2) is 0 Å². The molecule has 1 N–H and O–H groups in total. The van der Waals surface area contributed by atoms with Crippen molar-refractivity contribution >= 4 is 17.8 Å². The number of alkyl halides is 1. The molecule has 1 saturated heterocycles. The number of likely N-dealkylation sites (N-methyl/N-ethyl adjacent to an activating group) is 1. The molecule has 13 heavy (non-hydrogen) atoms. The van der Waals surface area contributed by atoms with Gasteiger partial charge in [-0.1, -0.05) is 11.6 Å². The van der Waals surface area contributed by atoms with Crippen LogP contribution in [-0.2, 0) is 4.74 Å². The lowest BCUT2D eigenvalue weighted by atomic mass is 10.1. The minimum atomic E-state index is -1.32. The van der Waals surface area contributed by atoms with Crippen LogP contribution in [0.25, 0.3) is 0 Å². The topological polar surface area (TPSA) is 49.8 Å². The fraction of sp³-hybridized carbons (Fsp3) is 0.875. The lowest BCUT2D eigenvalue weighted by molar-refractivity contribution is 0.00230. The first-order valence-corrected chi connectivity index (χ1v) is 4.62.